The molecule has 0 bridgehead atoms. The maximum atomic E-state index is 12.1. The fraction of sp³-hybridized carbons (Fsp3) is 0.267. The SMILES string of the molecule is CC(=O)O/C=C(\Sc1ccccc1)C(=O)COC(=O)N(C)C. The number of nitrogens with zero attached hydrogens (tertiary/aromatic N) is 1. The number of amides is 1. The molecular formula is C15H17NO5S. The Hall–Kier alpha value is -2.28. The summed E-state index contributed by atoms with van der Waals surface area (Å²) in [5.74, 6) is -0.991. The van der Waals surface area contributed by atoms with Crippen molar-refractivity contribution in [3.05, 3.63) is 41.5 Å². The van der Waals surface area contributed by atoms with Crippen LogP contribution in [0.5, 0.6) is 0 Å². The van der Waals surface area contributed by atoms with Crippen LogP contribution < -0.4 is 0 Å². The summed E-state index contributed by atoms with van der Waals surface area (Å²) in [6, 6.07) is 9.11. The Bertz CT molecular complexity index is 569. The predicted molar refractivity (Wildman–Crippen MR) is 82.2 cm³/mol. The molecule has 0 aliphatic heterocycles. The molecule has 0 N–H and O–H groups in total. The molecule has 0 radical (unpaired) electrons. The molecule has 7 heteroatoms. The van der Waals surface area contributed by atoms with Gasteiger partial charge in [0.1, 0.15) is 6.26 Å². The van der Waals surface area contributed by atoms with Gasteiger partial charge in [-0.2, -0.15) is 0 Å². The van der Waals surface area contributed by atoms with Crippen LogP contribution in [0, 0.1) is 0 Å². The van der Waals surface area contributed by atoms with Gasteiger partial charge in [-0.05, 0) is 12.1 Å². The van der Waals surface area contributed by atoms with Crippen LogP contribution in [0.1, 0.15) is 6.92 Å². The van der Waals surface area contributed by atoms with E-state index >= 15 is 0 Å². The van der Waals surface area contributed by atoms with E-state index in [9.17, 15) is 14.4 Å². The van der Waals surface area contributed by atoms with Gasteiger partial charge in [-0.25, -0.2) is 4.79 Å². The van der Waals surface area contributed by atoms with Crippen molar-refractivity contribution in [1.29, 1.82) is 0 Å². The van der Waals surface area contributed by atoms with Crippen LogP contribution >= 0.6 is 11.8 Å². The molecule has 0 aromatic heterocycles. The summed E-state index contributed by atoms with van der Waals surface area (Å²) in [5, 5.41) is 0. The Kier molecular flexibility index (Phi) is 7.18. The molecular weight excluding hydrogens is 306 g/mol. The fourth-order valence-electron chi connectivity index (χ4n) is 1.23. The third-order valence-electron chi connectivity index (χ3n) is 2.27. The Morgan fingerprint density at radius 2 is 1.82 bits per heavy atom. The monoisotopic (exact) mass is 323 g/mol. The number of carbonyl (C=O) groups is 3. The number of thioether (sulfide) groups is 1. The van der Waals surface area contributed by atoms with Gasteiger partial charge in [0.05, 0.1) is 4.91 Å². The quantitative estimate of drug-likeness (QED) is 0.346. The molecule has 0 atom stereocenters. The molecule has 0 aliphatic carbocycles. The van der Waals surface area contributed by atoms with Gasteiger partial charge in [0.15, 0.2) is 6.61 Å². The van der Waals surface area contributed by atoms with Crippen molar-refractivity contribution in [3.63, 3.8) is 0 Å². The molecule has 0 spiro atoms. The van der Waals surface area contributed by atoms with Gasteiger partial charge in [-0.1, -0.05) is 30.0 Å². The topological polar surface area (TPSA) is 72.9 Å². The van der Waals surface area contributed by atoms with Crippen LogP contribution in [-0.2, 0) is 19.1 Å². The summed E-state index contributed by atoms with van der Waals surface area (Å²) >= 11 is 1.13. The number of Topliss-reactive ketones (excluding diaryl/α,β-unsaturated/α-hetero) is 1. The van der Waals surface area contributed by atoms with Crippen LogP contribution in [0.25, 0.3) is 0 Å². The molecule has 1 aromatic carbocycles. The molecule has 22 heavy (non-hydrogen) atoms. The van der Waals surface area contributed by atoms with Gasteiger partial charge in [-0.3, -0.25) is 9.59 Å². The minimum absolute atomic E-state index is 0.174. The van der Waals surface area contributed by atoms with Gasteiger partial charge < -0.3 is 14.4 Å². The van der Waals surface area contributed by atoms with Crippen LogP contribution in [0.3, 0.4) is 0 Å². The summed E-state index contributed by atoms with van der Waals surface area (Å²) in [7, 11) is 3.03. The minimum atomic E-state index is -0.620. The van der Waals surface area contributed by atoms with Crippen molar-refractivity contribution < 1.29 is 23.9 Å². The number of rotatable bonds is 6. The maximum absolute atomic E-state index is 12.1. The number of carbonyl (C=O) groups excluding carboxylic acids is 3. The largest absolute Gasteiger partial charge is 0.441 e. The minimum Gasteiger partial charge on any atom is -0.441 e. The molecule has 1 amide bonds. The fourth-order valence-corrected chi connectivity index (χ4v) is 2.04. The predicted octanol–water partition coefficient (Wildman–Crippen LogP) is 2.45. The molecule has 1 aromatic rings. The number of hydrogen-bond donors (Lipinski definition) is 0. The maximum Gasteiger partial charge on any atom is 0.409 e. The molecule has 1 rings (SSSR count). The van der Waals surface area contributed by atoms with Crippen molar-refractivity contribution in [2.45, 2.75) is 11.8 Å². The molecule has 0 unspecified atom stereocenters. The summed E-state index contributed by atoms with van der Waals surface area (Å²) in [4.78, 5) is 36.5. The highest BCUT2D eigenvalue weighted by Crippen LogP contribution is 2.27. The molecule has 0 heterocycles. The van der Waals surface area contributed by atoms with E-state index in [0.717, 1.165) is 22.9 Å². The van der Waals surface area contributed by atoms with Gasteiger partial charge in [0, 0.05) is 25.9 Å². The highest BCUT2D eigenvalue weighted by molar-refractivity contribution is 8.04. The zero-order valence-electron chi connectivity index (χ0n) is 12.6. The van der Waals surface area contributed by atoms with Crippen LogP contribution in [0.15, 0.2) is 46.4 Å². The van der Waals surface area contributed by atoms with Crippen LogP contribution in [-0.4, -0.2) is 43.4 Å². The second kappa shape index (κ2) is 8.89. The average Bonchev–Trinajstić information content (AvgIpc) is 2.49. The summed E-state index contributed by atoms with van der Waals surface area (Å²) in [6.45, 7) is 0.807. The second-order valence-electron chi connectivity index (χ2n) is 4.38. The Morgan fingerprint density at radius 3 is 2.36 bits per heavy atom. The van der Waals surface area contributed by atoms with E-state index in [0.29, 0.717) is 0 Å². The number of ether oxygens (including phenoxy) is 2. The van der Waals surface area contributed by atoms with Crippen molar-refractivity contribution in [1.82, 2.24) is 4.90 Å². The number of benzene rings is 1. The highest BCUT2D eigenvalue weighted by atomic mass is 32.2. The normalized spacial score (nSPS) is 10.8. The van der Waals surface area contributed by atoms with Crippen LogP contribution in [0.2, 0.25) is 0 Å². The molecule has 6 nitrogen and oxygen atoms in total. The molecule has 0 saturated carbocycles. The third kappa shape index (κ3) is 6.45. The van der Waals surface area contributed by atoms with Crippen LogP contribution in [0.4, 0.5) is 4.79 Å². The second-order valence-corrected chi connectivity index (χ2v) is 5.49. The highest BCUT2D eigenvalue weighted by Gasteiger charge is 2.16. The lowest BCUT2D eigenvalue weighted by molar-refractivity contribution is -0.135. The summed E-state index contributed by atoms with van der Waals surface area (Å²) < 4.78 is 9.59. The lowest BCUT2D eigenvalue weighted by Crippen LogP contribution is -2.25. The average molecular weight is 323 g/mol. The van der Waals surface area contributed by atoms with E-state index in [1.807, 2.05) is 30.3 Å². The molecule has 118 valence electrons. The van der Waals surface area contributed by atoms with Gasteiger partial charge >= 0.3 is 12.1 Å². The number of ketones is 1. The smallest absolute Gasteiger partial charge is 0.409 e. The van der Waals surface area contributed by atoms with Crippen molar-refractivity contribution >= 4 is 29.6 Å². The van der Waals surface area contributed by atoms with Gasteiger partial charge in [0.2, 0.25) is 5.78 Å². The van der Waals surface area contributed by atoms with E-state index in [-0.39, 0.29) is 4.91 Å². The first-order valence-electron chi connectivity index (χ1n) is 6.37. The zero-order valence-corrected chi connectivity index (χ0v) is 13.4. The molecule has 0 saturated heterocycles. The first-order chi connectivity index (χ1) is 10.4. The lowest BCUT2D eigenvalue weighted by atomic mass is 10.4. The van der Waals surface area contributed by atoms with E-state index in [1.54, 1.807) is 0 Å². The third-order valence-corrected chi connectivity index (χ3v) is 3.32. The van der Waals surface area contributed by atoms with E-state index in [1.165, 1.54) is 25.9 Å². The zero-order chi connectivity index (χ0) is 16.5. The summed E-state index contributed by atoms with van der Waals surface area (Å²) in [6.07, 6.45) is 0.455. The molecule has 0 aliphatic rings. The van der Waals surface area contributed by atoms with Crippen molar-refractivity contribution in [2.75, 3.05) is 20.7 Å². The van der Waals surface area contributed by atoms with E-state index in [2.05, 4.69) is 0 Å². The first-order valence-corrected chi connectivity index (χ1v) is 7.19. The lowest BCUT2D eigenvalue weighted by Gasteiger charge is -2.11. The summed E-state index contributed by atoms with van der Waals surface area (Å²) in [5.41, 5.74) is 0. The standard InChI is InChI=1S/C15H17NO5S/c1-11(17)20-10-14(22-12-7-5-4-6-8-12)13(18)9-21-15(19)16(2)3/h4-8,10H,9H2,1-3H3/b14-10-. The van der Waals surface area contributed by atoms with E-state index in [4.69, 9.17) is 9.47 Å². The number of esters is 1. The van der Waals surface area contributed by atoms with Gasteiger partial charge in [0.25, 0.3) is 0 Å². The Labute approximate surface area is 133 Å². The Balaban J connectivity index is 2.77. The first kappa shape index (κ1) is 17.8. The molecule has 0 fully saturated rings. The van der Waals surface area contributed by atoms with E-state index < -0.39 is 24.5 Å². The number of hydrogen-bond acceptors (Lipinski definition) is 6. The van der Waals surface area contributed by atoms with Crippen molar-refractivity contribution in [2.24, 2.45) is 0 Å². The van der Waals surface area contributed by atoms with Crippen molar-refractivity contribution in [3.8, 4) is 0 Å². The Morgan fingerprint density at radius 1 is 1.18 bits per heavy atom. The van der Waals surface area contributed by atoms with Gasteiger partial charge in [-0.15, -0.1) is 0 Å².